The van der Waals surface area contributed by atoms with Crippen molar-refractivity contribution in [3.8, 4) is 0 Å². The largest absolute Gasteiger partial charge is 0.389 e. The van der Waals surface area contributed by atoms with Gasteiger partial charge in [-0.05, 0) is 11.6 Å². The van der Waals surface area contributed by atoms with Crippen LogP contribution in [0.1, 0.15) is 15.9 Å². The van der Waals surface area contributed by atoms with E-state index in [1.165, 1.54) is 4.81 Å². The molecule has 0 atom stereocenters. The van der Waals surface area contributed by atoms with Gasteiger partial charge in [0.2, 0.25) is 13.9 Å². The van der Waals surface area contributed by atoms with Gasteiger partial charge in [0, 0.05) is 18.9 Å². The molecule has 0 aromatic carbocycles. The highest BCUT2D eigenvalue weighted by Gasteiger charge is 2.22. The van der Waals surface area contributed by atoms with E-state index < -0.39 is 0 Å². The number of amides is 1. The highest BCUT2D eigenvalue weighted by atomic mass is 16.2. The first-order valence-corrected chi connectivity index (χ1v) is 3.28. The Morgan fingerprint density at radius 1 is 1.64 bits per heavy atom. The molecule has 1 aliphatic rings. The molecule has 0 saturated carbocycles. The summed E-state index contributed by atoms with van der Waals surface area (Å²) in [4.78, 5) is 16.2. The maximum absolute atomic E-state index is 11.2. The fourth-order valence-corrected chi connectivity index (χ4v) is 1.16. The summed E-state index contributed by atoms with van der Waals surface area (Å²) in [6, 6.07) is 1.81. The van der Waals surface area contributed by atoms with Gasteiger partial charge >= 0.3 is 0 Å². The summed E-state index contributed by atoms with van der Waals surface area (Å²) in [6.45, 7) is 0.497. The van der Waals surface area contributed by atoms with Gasteiger partial charge in [0.15, 0.2) is 0 Å². The van der Waals surface area contributed by atoms with Crippen LogP contribution in [0.5, 0.6) is 0 Å². The van der Waals surface area contributed by atoms with Crippen molar-refractivity contribution in [1.82, 2.24) is 9.79 Å². The highest BCUT2D eigenvalue weighted by Crippen LogP contribution is 2.18. The molecule has 1 amide bonds. The SMILES string of the molecule is [B]N1Cc2ccncc2C1=O. The van der Waals surface area contributed by atoms with Crippen molar-refractivity contribution in [1.29, 1.82) is 0 Å². The van der Waals surface area contributed by atoms with Crippen LogP contribution in [0, 0.1) is 0 Å². The molecule has 2 rings (SSSR count). The van der Waals surface area contributed by atoms with Gasteiger partial charge in [0.05, 0.1) is 5.56 Å². The third kappa shape index (κ3) is 0.825. The lowest BCUT2D eigenvalue weighted by Crippen LogP contribution is -2.19. The molecule has 0 N–H and O–H groups in total. The minimum Gasteiger partial charge on any atom is -0.389 e. The number of hydrogen-bond donors (Lipinski definition) is 0. The van der Waals surface area contributed by atoms with E-state index in [0.29, 0.717) is 12.1 Å². The Kier molecular flexibility index (Phi) is 1.21. The van der Waals surface area contributed by atoms with Crippen molar-refractivity contribution in [3.05, 3.63) is 29.6 Å². The Hall–Kier alpha value is -1.32. The predicted molar refractivity (Wildman–Crippen MR) is 39.9 cm³/mol. The zero-order valence-electron chi connectivity index (χ0n) is 5.82. The van der Waals surface area contributed by atoms with E-state index in [9.17, 15) is 4.79 Å². The van der Waals surface area contributed by atoms with E-state index in [0.717, 1.165) is 5.56 Å². The maximum Gasteiger partial charge on any atom is 0.243 e. The number of rotatable bonds is 0. The molecule has 0 bridgehead atoms. The average molecular weight is 144 g/mol. The zero-order chi connectivity index (χ0) is 7.84. The quantitative estimate of drug-likeness (QED) is 0.484. The van der Waals surface area contributed by atoms with E-state index in [-0.39, 0.29) is 5.91 Å². The smallest absolute Gasteiger partial charge is 0.243 e. The van der Waals surface area contributed by atoms with Gasteiger partial charge in [0.25, 0.3) is 0 Å². The van der Waals surface area contributed by atoms with Crippen molar-refractivity contribution >= 4 is 13.9 Å². The molecular weight excluding hydrogens is 139 g/mol. The predicted octanol–water partition coefficient (Wildman–Crippen LogP) is 0.121. The van der Waals surface area contributed by atoms with E-state index in [4.69, 9.17) is 7.98 Å². The number of carbonyl (C=O) groups is 1. The Morgan fingerprint density at radius 2 is 2.45 bits per heavy atom. The van der Waals surface area contributed by atoms with Crippen molar-refractivity contribution in [2.75, 3.05) is 0 Å². The number of hydrogen-bond acceptors (Lipinski definition) is 2. The number of carbonyl (C=O) groups excluding carboxylic acids is 1. The van der Waals surface area contributed by atoms with Crippen LogP contribution in [0.4, 0.5) is 0 Å². The van der Waals surface area contributed by atoms with Crippen LogP contribution in [0.3, 0.4) is 0 Å². The first kappa shape index (κ1) is 6.40. The summed E-state index contributed by atoms with van der Waals surface area (Å²) in [6.07, 6.45) is 3.20. The molecule has 3 nitrogen and oxygen atoms in total. The van der Waals surface area contributed by atoms with Crippen LogP contribution < -0.4 is 0 Å². The van der Waals surface area contributed by atoms with Crippen molar-refractivity contribution < 1.29 is 4.79 Å². The molecule has 1 aromatic rings. The molecule has 11 heavy (non-hydrogen) atoms. The van der Waals surface area contributed by atoms with Crippen LogP contribution in [-0.2, 0) is 6.54 Å². The second kappa shape index (κ2) is 2.08. The van der Waals surface area contributed by atoms with Gasteiger partial charge in [-0.2, -0.15) is 0 Å². The fourth-order valence-electron chi connectivity index (χ4n) is 1.16. The Bertz CT molecular complexity index is 313. The van der Waals surface area contributed by atoms with Crippen LogP contribution in [0.15, 0.2) is 18.5 Å². The lowest BCUT2D eigenvalue weighted by Gasteiger charge is -2.04. The van der Waals surface area contributed by atoms with Crippen LogP contribution in [0.25, 0.3) is 0 Å². The summed E-state index contributed by atoms with van der Waals surface area (Å²) in [7, 11) is 5.38. The maximum atomic E-state index is 11.2. The van der Waals surface area contributed by atoms with Gasteiger partial charge < -0.3 is 4.81 Å². The normalized spacial score (nSPS) is 15.3. The average Bonchev–Trinajstić information content (AvgIpc) is 2.30. The van der Waals surface area contributed by atoms with Gasteiger partial charge in [0.1, 0.15) is 0 Å². The number of aromatic nitrogens is 1. The third-order valence-electron chi connectivity index (χ3n) is 1.74. The summed E-state index contributed by atoms with van der Waals surface area (Å²) in [5.74, 6) is -0.145. The first-order valence-electron chi connectivity index (χ1n) is 3.28. The highest BCUT2D eigenvalue weighted by molar-refractivity contribution is 6.19. The van der Waals surface area contributed by atoms with Crippen molar-refractivity contribution in [3.63, 3.8) is 0 Å². The summed E-state index contributed by atoms with van der Waals surface area (Å²) in [5.41, 5.74) is 1.57. The molecule has 4 heteroatoms. The van der Waals surface area contributed by atoms with E-state index in [1.54, 1.807) is 18.5 Å². The molecule has 0 aliphatic carbocycles. The third-order valence-corrected chi connectivity index (χ3v) is 1.74. The number of nitrogens with zero attached hydrogens (tertiary/aromatic N) is 2. The molecule has 0 unspecified atom stereocenters. The molecule has 2 radical (unpaired) electrons. The van der Waals surface area contributed by atoms with Gasteiger partial charge in [-0.1, -0.05) is 0 Å². The fraction of sp³-hybridized carbons (Fsp3) is 0.143. The standard InChI is InChI=1S/C7H5BN2O/c8-10-4-5-1-2-9-3-6(5)7(10)11/h1-3H,4H2. The monoisotopic (exact) mass is 144 g/mol. The van der Waals surface area contributed by atoms with E-state index in [2.05, 4.69) is 4.98 Å². The van der Waals surface area contributed by atoms with Crippen LogP contribution in [-0.4, -0.2) is 23.7 Å². The van der Waals surface area contributed by atoms with Crippen LogP contribution in [0.2, 0.25) is 0 Å². The molecular formula is C7H5BN2O. The molecule has 1 aliphatic heterocycles. The Balaban J connectivity index is 2.55. The molecule has 0 spiro atoms. The lowest BCUT2D eigenvalue weighted by molar-refractivity contribution is 0.0880. The molecule has 0 saturated heterocycles. The second-order valence-corrected chi connectivity index (χ2v) is 2.47. The van der Waals surface area contributed by atoms with E-state index >= 15 is 0 Å². The van der Waals surface area contributed by atoms with Crippen molar-refractivity contribution in [2.24, 2.45) is 0 Å². The molecule has 1 aromatic heterocycles. The minimum absolute atomic E-state index is 0.145. The zero-order valence-corrected chi connectivity index (χ0v) is 5.82. The lowest BCUT2D eigenvalue weighted by atomic mass is 10.2. The first-order chi connectivity index (χ1) is 5.29. The summed E-state index contributed by atoms with van der Waals surface area (Å²) >= 11 is 0. The van der Waals surface area contributed by atoms with Gasteiger partial charge in [-0.25, -0.2) is 0 Å². The molecule has 2 heterocycles. The topological polar surface area (TPSA) is 33.2 Å². The minimum atomic E-state index is -0.145. The Morgan fingerprint density at radius 3 is 3.18 bits per heavy atom. The number of pyridine rings is 1. The summed E-state index contributed by atoms with van der Waals surface area (Å²) in [5, 5.41) is 0. The van der Waals surface area contributed by atoms with Crippen molar-refractivity contribution in [2.45, 2.75) is 6.54 Å². The molecule has 0 fully saturated rings. The second-order valence-electron chi connectivity index (χ2n) is 2.47. The summed E-state index contributed by atoms with van der Waals surface area (Å²) < 4.78 is 0. The Labute approximate surface area is 65.5 Å². The van der Waals surface area contributed by atoms with Gasteiger partial charge in [-0.15, -0.1) is 0 Å². The van der Waals surface area contributed by atoms with E-state index in [1.807, 2.05) is 0 Å². The number of fused-ring (bicyclic) bond motifs is 1. The van der Waals surface area contributed by atoms with Crippen LogP contribution >= 0.6 is 0 Å². The van der Waals surface area contributed by atoms with Gasteiger partial charge in [-0.3, -0.25) is 9.78 Å². The molecule has 52 valence electrons.